The first-order valence-electron chi connectivity index (χ1n) is 11.4. The van der Waals surface area contributed by atoms with E-state index in [2.05, 4.69) is 23.1 Å². The predicted molar refractivity (Wildman–Crippen MR) is 127 cm³/mol. The molecule has 0 radical (unpaired) electrons. The molecule has 8 heteroatoms. The molecule has 0 unspecified atom stereocenters. The SMILES string of the molecule is CC(C)OC(=O)N1CCc2cc(CO[C@H]3CCN(c4ccc(S(C)(=O)=O)cc4)C3)ccc2C1. The van der Waals surface area contributed by atoms with Gasteiger partial charge in [0.1, 0.15) is 0 Å². The number of rotatable bonds is 6. The molecule has 0 N–H and O–H groups in total. The molecule has 1 saturated heterocycles. The van der Waals surface area contributed by atoms with Crippen LogP contribution in [0.4, 0.5) is 10.5 Å². The average molecular weight is 473 g/mol. The monoisotopic (exact) mass is 472 g/mol. The minimum atomic E-state index is -3.18. The van der Waals surface area contributed by atoms with Crippen LogP contribution >= 0.6 is 0 Å². The third kappa shape index (κ3) is 5.86. The maximum atomic E-state index is 12.2. The standard InChI is InChI=1S/C25H32N2O5S/c1-18(2)32-25(28)27-12-10-20-14-19(4-5-21(20)15-27)17-31-23-11-13-26(16-23)22-6-8-24(9-7-22)33(3,29)30/h4-9,14,18,23H,10-13,15-17H2,1-3H3/t23-/m0/s1. The van der Waals surface area contributed by atoms with Gasteiger partial charge in [-0.15, -0.1) is 0 Å². The number of amides is 1. The fraction of sp³-hybridized carbons (Fsp3) is 0.480. The summed E-state index contributed by atoms with van der Waals surface area (Å²) in [5.74, 6) is 0. The van der Waals surface area contributed by atoms with Crippen molar-refractivity contribution in [3.63, 3.8) is 0 Å². The molecule has 0 aliphatic carbocycles. The fourth-order valence-electron chi connectivity index (χ4n) is 4.35. The van der Waals surface area contributed by atoms with Crippen LogP contribution < -0.4 is 4.90 Å². The molecule has 1 amide bonds. The highest BCUT2D eigenvalue weighted by molar-refractivity contribution is 7.90. The van der Waals surface area contributed by atoms with E-state index in [1.807, 2.05) is 26.0 Å². The van der Waals surface area contributed by atoms with Crippen LogP contribution in [0.25, 0.3) is 0 Å². The Kier molecular flexibility index (Phi) is 6.95. The summed E-state index contributed by atoms with van der Waals surface area (Å²) in [6, 6.07) is 13.4. The first-order valence-corrected chi connectivity index (χ1v) is 13.3. The molecule has 0 spiro atoms. The molecule has 1 atom stereocenters. The second-order valence-corrected chi connectivity index (χ2v) is 11.2. The smallest absolute Gasteiger partial charge is 0.410 e. The summed E-state index contributed by atoms with van der Waals surface area (Å²) >= 11 is 0. The normalized spacial score (nSPS) is 18.5. The van der Waals surface area contributed by atoms with Crippen molar-refractivity contribution in [1.82, 2.24) is 4.90 Å². The lowest BCUT2D eigenvalue weighted by Crippen LogP contribution is -2.37. The quantitative estimate of drug-likeness (QED) is 0.637. The van der Waals surface area contributed by atoms with Gasteiger partial charge in [-0.2, -0.15) is 0 Å². The van der Waals surface area contributed by atoms with Crippen molar-refractivity contribution < 1.29 is 22.7 Å². The number of nitrogens with zero attached hydrogens (tertiary/aromatic N) is 2. The van der Waals surface area contributed by atoms with E-state index >= 15 is 0 Å². The summed E-state index contributed by atoms with van der Waals surface area (Å²) in [4.78, 5) is 16.5. The van der Waals surface area contributed by atoms with Gasteiger partial charge in [0, 0.05) is 38.1 Å². The number of carbonyl (C=O) groups excluding carboxylic acids is 1. The summed E-state index contributed by atoms with van der Waals surface area (Å²) in [6.45, 7) is 7.19. The summed E-state index contributed by atoms with van der Waals surface area (Å²) in [5, 5.41) is 0. The summed E-state index contributed by atoms with van der Waals surface area (Å²) in [6.07, 6.45) is 2.75. The van der Waals surface area contributed by atoms with Crippen LogP contribution in [-0.4, -0.2) is 57.5 Å². The lowest BCUT2D eigenvalue weighted by molar-refractivity contribution is 0.0551. The van der Waals surface area contributed by atoms with E-state index in [4.69, 9.17) is 9.47 Å². The number of sulfone groups is 1. The zero-order valence-corrected chi connectivity index (χ0v) is 20.3. The summed E-state index contributed by atoms with van der Waals surface area (Å²) < 4.78 is 34.8. The second kappa shape index (κ2) is 9.73. The highest BCUT2D eigenvalue weighted by Gasteiger charge is 2.25. The molecule has 2 aliphatic rings. The lowest BCUT2D eigenvalue weighted by Gasteiger charge is -2.29. The van der Waals surface area contributed by atoms with Gasteiger partial charge in [0.2, 0.25) is 0 Å². The maximum Gasteiger partial charge on any atom is 0.410 e. The van der Waals surface area contributed by atoms with Crippen molar-refractivity contribution in [2.24, 2.45) is 0 Å². The van der Waals surface area contributed by atoms with Crippen LogP contribution in [0.5, 0.6) is 0 Å². The highest BCUT2D eigenvalue weighted by Crippen LogP contribution is 2.25. The molecular formula is C25H32N2O5S. The van der Waals surface area contributed by atoms with Gasteiger partial charge < -0.3 is 19.3 Å². The number of fused-ring (bicyclic) bond motifs is 1. The molecule has 1 fully saturated rings. The number of hydrogen-bond acceptors (Lipinski definition) is 6. The first kappa shape index (κ1) is 23.6. The van der Waals surface area contributed by atoms with E-state index in [0.29, 0.717) is 24.6 Å². The van der Waals surface area contributed by atoms with Crippen molar-refractivity contribution in [2.45, 2.75) is 56.9 Å². The molecule has 0 aromatic heterocycles. The van der Waals surface area contributed by atoms with E-state index in [1.165, 1.54) is 11.8 Å². The maximum absolute atomic E-state index is 12.2. The summed E-state index contributed by atoms with van der Waals surface area (Å²) in [5.41, 5.74) is 4.59. The second-order valence-electron chi connectivity index (χ2n) is 9.14. The van der Waals surface area contributed by atoms with Crippen molar-refractivity contribution >= 4 is 21.6 Å². The van der Waals surface area contributed by atoms with Crippen molar-refractivity contribution in [3.05, 3.63) is 59.2 Å². The molecule has 2 aromatic rings. The van der Waals surface area contributed by atoms with Gasteiger partial charge in [-0.3, -0.25) is 0 Å². The number of ether oxygens (including phenoxy) is 2. The number of anilines is 1. The Hall–Kier alpha value is -2.58. The van der Waals surface area contributed by atoms with Gasteiger partial charge >= 0.3 is 6.09 Å². The highest BCUT2D eigenvalue weighted by atomic mass is 32.2. The van der Waals surface area contributed by atoms with Gasteiger partial charge in [-0.25, -0.2) is 13.2 Å². The zero-order valence-electron chi connectivity index (χ0n) is 19.5. The molecule has 0 bridgehead atoms. The van der Waals surface area contributed by atoms with Crippen molar-refractivity contribution in [2.75, 3.05) is 30.8 Å². The average Bonchev–Trinajstić information content (AvgIpc) is 3.25. The Labute approximate surface area is 196 Å². The molecular weight excluding hydrogens is 440 g/mol. The lowest BCUT2D eigenvalue weighted by atomic mass is 9.97. The van der Waals surface area contributed by atoms with Crippen molar-refractivity contribution in [3.8, 4) is 0 Å². The zero-order chi connectivity index (χ0) is 23.6. The molecule has 7 nitrogen and oxygen atoms in total. The van der Waals surface area contributed by atoms with Crippen LogP contribution in [0, 0.1) is 0 Å². The van der Waals surface area contributed by atoms with Crippen LogP contribution in [0.1, 0.15) is 37.0 Å². The van der Waals surface area contributed by atoms with E-state index in [9.17, 15) is 13.2 Å². The molecule has 33 heavy (non-hydrogen) atoms. The molecule has 2 aromatic carbocycles. The van der Waals surface area contributed by atoms with Crippen molar-refractivity contribution in [1.29, 1.82) is 0 Å². The largest absolute Gasteiger partial charge is 0.447 e. The van der Waals surface area contributed by atoms with E-state index < -0.39 is 9.84 Å². The topological polar surface area (TPSA) is 76.2 Å². The minimum absolute atomic E-state index is 0.114. The Balaban J connectivity index is 1.29. The molecule has 2 aliphatic heterocycles. The number of hydrogen-bond donors (Lipinski definition) is 0. The van der Waals surface area contributed by atoms with Crippen LogP contribution in [0.2, 0.25) is 0 Å². The Morgan fingerprint density at radius 1 is 1.09 bits per heavy atom. The molecule has 178 valence electrons. The van der Waals surface area contributed by atoms with Gasteiger partial charge in [-0.1, -0.05) is 18.2 Å². The van der Waals surface area contributed by atoms with Gasteiger partial charge in [0.05, 0.1) is 23.7 Å². The van der Waals surface area contributed by atoms with Crippen LogP contribution in [-0.2, 0) is 38.9 Å². The van der Waals surface area contributed by atoms with Gasteiger partial charge in [0.15, 0.2) is 9.84 Å². The number of carbonyl (C=O) groups is 1. The van der Waals surface area contributed by atoms with E-state index in [-0.39, 0.29) is 18.3 Å². The molecule has 2 heterocycles. The Morgan fingerprint density at radius 3 is 2.55 bits per heavy atom. The Bertz CT molecular complexity index is 1100. The third-order valence-corrected chi connectivity index (χ3v) is 7.27. The number of benzene rings is 2. The molecule has 4 rings (SSSR count). The van der Waals surface area contributed by atoms with Crippen LogP contribution in [0.3, 0.4) is 0 Å². The van der Waals surface area contributed by atoms with Gasteiger partial charge in [-0.05, 0) is 67.6 Å². The van der Waals surface area contributed by atoms with Crippen LogP contribution in [0.15, 0.2) is 47.4 Å². The third-order valence-electron chi connectivity index (χ3n) is 6.14. The fourth-order valence-corrected chi connectivity index (χ4v) is 4.98. The first-order chi connectivity index (χ1) is 15.7. The van der Waals surface area contributed by atoms with E-state index in [1.54, 1.807) is 17.0 Å². The predicted octanol–water partition coefficient (Wildman–Crippen LogP) is 3.79. The van der Waals surface area contributed by atoms with E-state index in [0.717, 1.165) is 42.7 Å². The Morgan fingerprint density at radius 2 is 1.85 bits per heavy atom. The molecule has 0 saturated carbocycles. The van der Waals surface area contributed by atoms with Gasteiger partial charge in [0.25, 0.3) is 0 Å². The summed E-state index contributed by atoms with van der Waals surface area (Å²) in [7, 11) is -3.18. The minimum Gasteiger partial charge on any atom is -0.447 e.